The summed E-state index contributed by atoms with van der Waals surface area (Å²) in [6.07, 6.45) is 8.90. The minimum atomic E-state index is -0.664. The summed E-state index contributed by atoms with van der Waals surface area (Å²) in [5.74, 6) is 1.01. The Kier molecular flexibility index (Phi) is 4.43. The van der Waals surface area contributed by atoms with Crippen molar-refractivity contribution in [3.63, 3.8) is 0 Å². The van der Waals surface area contributed by atoms with Gasteiger partial charge in [0, 0.05) is 12.6 Å². The molecular formula is C14H25NO2. The SMILES string of the molecule is CCC1CCC(N(CC(=O)O)CC2CC2)CC1. The van der Waals surface area contributed by atoms with Crippen molar-refractivity contribution in [1.82, 2.24) is 4.90 Å². The van der Waals surface area contributed by atoms with Crippen molar-refractivity contribution in [2.24, 2.45) is 11.8 Å². The van der Waals surface area contributed by atoms with E-state index in [1.807, 2.05) is 0 Å². The fourth-order valence-corrected chi connectivity index (χ4v) is 3.07. The second kappa shape index (κ2) is 5.85. The third-order valence-corrected chi connectivity index (χ3v) is 4.44. The van der Waals surface area contributed by atoms with Gasteiger partial charge < -0.3 is 5.11 Å². The van der Waals surface area contributed by atoms with Crippen molar-refractivity contribution >= 4 is 5.97 Å². The second-order valence-electron chi connectivity index (χ2n) is 5.85. The maximum absolute atomic E-state index is 10.9. The van der Waals surface area contributed by atoms with Crippen LogP contribution in [0.1, 0.15) is 51.9 Å². The number of carbonyl (C=O) groups is 1. The predicted molar refractivity (Wildman–Crippen MR) is 68.0 cm³/mol. The molecule has 0 saturated heterocycles. The molecule has 3 nitrogen and oxygen atoms in total. The standard InChI is InChI=1S/C14H25NO2/c1-2-11-5-7-13(8-6-11)15(10-14(16)17)9-12-3-4-12/h11-13H,2-10H2,1H3,(H,16,17). The van der Waals surface area contributed by atoms with Gasteiger partial charge >= 0.3 is 5.97 Å². The van der Waals surface area contributed by atoms with Gasteiger partial charge in [0.2, 0.25) is 0 Å². The highest BCUT2D eigenvalue weighted by molar-refractivity contribution is 5.69. The van der Waals surface area contributed by atoms with E-state index in [-0.39, 0.29) is 6.54 Å². The molecule has 0 bridgehead atoms. The van der Waals surface area contributed by atoms with Gasteiger partial charge in [0.1, 0.15) is 0 Å². The van der Waals surface area contributed by atoms with E-state index in [9.17, 15) is 4.79 Å². The first-order valence-corrected chi connectivity index (χ1v) is 7.15. The molecule has 0 aliphatic heterocycles. The molecule has 2 aliphatic rings. The predicted octanol–water partition coefficient (Wildman–Crippen LogP) is 2.75. The van der Waals surface area contributed by atoms with Gasteiger partial charge in [-0.15, -0.1) is 0 Å². The summed E-state index contributed by atoms with van der Waals surface area (Å²) in [5, 5.41) is 9.00. The molecule has 2 rings (SSSR count). The Morgan fingerprint density at radius 1 is 1.12 bits per heavy atom. The van der Waals surface area contributed by atoms with Crippen LogP contribution in [0.25, 0.3) is 0 Å². The average Bonchev–Trinajstić information content (AvgIpc) is 3.12. The van der Waals surface area contributed by atoms with Crippen LogP contribution in [-0.2, 0) is 4.79 Å². The van der Waals surface area contributed by atoms with Crippen molar-refractivity contribution in [2.45, 2.75) is 57.9 Å². The molecule has 0 amide bonds. The zero-order valence-corrected chi connectivity index (χ0v) is 10.9. The molecule has 2 aliphatic carbocycles. The summed E-state index contributed by atoms with van der Waals surface area (Å²) >= 11 is 0. The summed E-state index contributed by atoms with van der Waals surface area (Å²) in [5.41, 5.74) is 0. The lowest BCUT2D eigenvalue weighted by Gasteiger charge is -2.36. The highest BCUT2D eigenvalue weighted by atomic mass is 16.4. The van der Waals surface area contributed by atoms with E-state index in [0.717, 1.165) is 18.4 Å². The Hall–Kier alpha value is -0.570. The second-order valence-corrected chi connectivity index (χ2v) is 5.85. The first kappa shape index (κ1) is 12.9. The molecule has 0 spiro atoms. The molecule has 0 unspecified atom stereocenters. The van der Waals surface area contributed by atoms with Crippen molar-refractivity contribution in [1.29, 1.82) is 0 Å². The fraction of sp³-hybridized carbons (Fsp3) is 0.929. The third-order valence-electron chi connectivity index (χ3n) is 4.44. The zero-order valence-electron chi connectivity index (χ0n) is 10.9. The van der Waals surface area contributed by atoms with Crippen LogP contribution in [0, 0.1) is 11.8 Å². The number of hydrogen-bond acceptors (Lipinski definition) is 2. The third kappa shape index (κ3) is 3.98. The first-order valence-electron chi connectivity index (χ1n) is 7.15. The largest absolute Gasteiger partial charge is 0.480 e. The van der Waals surface area contributed by atoms with Gasteiger partial charge in [-0.25, -0.2) is 0 Å². The Morgan fingerprint density at radius 3 is 2.18 bits per heavy atom. The van der Waals surface area contributed by atoms with Gasteiger partial charge in [-0.2, -0.15) is 0 Å². The quantitative estimate of drug-likeness (QED) is 0.775. The molecule has 0 heterocycles. The van der Waals surface area contributed by atoms with E-state index in [0.29, 0.717) is 6.04 Å². The summed E-state index contributed by atoms with van der Waals surface area (Å²) in [4.78, 5) is 13.2. The number of rotatable bonds is 6. The molecule has 2 fully saturated rings. The highest BCUT2D eigenvalue weighted by Gasteiger charge is 2.31. The van der Waals surface area contributed by atoms with E-state index < -0.39 is 5.97 Å². The van der Waals surface area contributed by atoms with Gasteiger partial charge in [-0.1, -0.05) is 13.3 Å². The molecule has 0 aromatic rings. The summed E-state index contributed by atoms with van der Waals surface area (Å²) in [7, 11) is 0. The zero-order chi connectivity index (χ0) is 12.3. The molecule has 0 aromatic carbocycles. The summed E-state index contributed by atoms with van der Waals surface area (Å²) in [6, 6.07) is 0.537. The lowest BCUT2D eigenvalue weighted by atomic mass is 9.84. The van der Waals surface area contributed by atoms with E-state index in [1.54, 1.807) is 0 Å². The first-order chi connectivity index (χ1) is 8.19. The number of hydrogen-bond donors (Lipinski definition) is 1. The van der Waals surface area contributed by atoms with Crippen LogP contribution in [0.4, 0.5) is 0 Å². The molecule has 0 atom stereocenters. The molecule has 1 N–H and O–H groups in total. The average molecular weight is 239 g/mol. The Bertz CT molecular complexity index is 255. The Morgan fingerprint density at radius 2 is 1.71 bits per heavy atom. The van der Waals surface area contributed by atoms with Gasteiger partial charge in [0.15, 0.2) is 0 Å². The fourth-order valence-electron chi connectivity index (χ4n) is 3.07. The minimum absolute atomic E-state index is 0.248. The molecular weight excluding hydrogens is 214 g/mol. The van der Waals surface area contributed by atoms with Crippen LogP contribution in [0.2, 0.25) is 0 Å². The Balaban J connectivity index is 1.83. The van der Waals surface area contributed by atoms with Crippen LogP contribution < -0.4 is 0 Å². The van der Waals surface area contributed by atoms with Gasteiger partial charge in [0.05, 0.1) is 6.54 Å². The molecule has 2 saturated carbocycles. The van der Waals surface area contributed by atoms with E-state index in [2.05, 4.69) is 11.8 Å². The lowest BCUT2D eigenvalue weighted by Crippen LogP contribution is -2.42. The van der Waals surface area contributed by atoms with Crippen molar-refractivity contribution in [3.8, 4) is 0 Å². The van der Waals surface area contributed by atoms with Gasteiger partial charge in [0.25, 0.3) is 0 Å². The van der Waals surface area contributed by atoms with Crippen molar-refractivity contribution in [2.75, 3.05) is 13.1 Å². The number of carboxylic acids is 1. The topological polar surface area (TPSA) is 40.5 Å². The smallest absolute Gasteiger partial charge is 0.317 e. The van der Waals surface area contributed by atoms with E-state index in [1.165, 1.54) is 44.9 Å². The summed E-state index contributed by atoms with van der Waals surface area (Å²) < 4.78 is 0. The molecule has 0 radical (unpaired) electrons. The van der Waals surface area contributed by atoms with Crippen LogP contribution >= 0.6 is 0 Å². The number of aliphatic carboxylic acids is 1. The van der Waals surface area contributed by atoms with E-state index in [4.69, 9.17) is 5.11 Å². The van der Waals surface area contributed by atoms with Crippen LogP contribution in [0.5, 0.6) is 0 Å². The maximum atomic E-state index is 10.9. The summed E-state index contributed by atoms with van der Waals surface area (Å²) in [6.45, 7) is 3.54. The molecule has 3 heteroatoms. The lowest BCUT2D eigenvalue weighted by molar-refractivity contribution is -0.139. The number of nitrogens with zero attached hydrogens (tertiary/aromatic N) is 1. The maximum Gasteiger partial charge on any atom is 0.317 e. The minimum Gasteiger partial charge on any atom is -0.480 e. The monoisotopic (exact) mass is 239 g/mol. The van der Waals surface area contributed by atoms with Crippen LogP contribution in [-0.4, -0.2) is 35.1 Å². The molecule has 0 aromatic heterocycles. The highest BCUT2D eigenvalue weighted by Crippen LogP contribution is 2.34. The van der Waals surface area contributed by atoms with Crippen molar-refractivity contribution in [3.05, 3.63) is 0 Å². The van der Waals surface area contributed by atoms with Crippen LogP contribution in [0.3, 0.4) is 0 Å². The van der Waals surface area contributed by atoms with Gasteiger partial charge in [-0.3, -0.25) is 9.69 Å². The van der Waals surface area contributed by atoms with E-state index >= 15 is 0 Å². The Labute approximate surface area is 104 Å². The van der Waals surface area contributed by atoms with Gasteiger partial charge in [-0.05, 0) is 50.4 Å². The molecule has 98 valence electrons. The van der Waals surface area contributed by atoms with Crippen molar-refractivity contribution < 1.29 is 9.90 Å². The normalized spacial score (nSPS) is 29.5. The van der Waals surface area contributed by atoms with Crippen LogP contribution in [0.15, 0.2) is 0 Å². The number of carboxylic acid groups (broad SMARTS) is 1. The molecule has 17 heavy (non-hydrogen) atoms.